The Morgan fingerprint density at radius 1 is 1.44 bits per heavy atom. The molecule has 1 N–H and O–H groups in total. The van der Waals surface area contributed by atoms with Crippen LogP contribution < -0.4 is 5.32 Å². The number of aliphatic imine (C=N–C) groups is 1. The molecule has 140 valence electrons. The summed E-state index contributed by atoms with van der Waals surface area (Å²) < 4.78 is 7.78. The van der Waals surface area contributed by atoms with E-state index >= 15 is 0 Å². The Kier molecular flexibility index (Phi) is 6.31. The van der Waals surface area contributed by atoms with E-state index < -0.39 is 0 Å². The summed E-state index contributed by atoms with van der Waals surface area (Å²) in [6, 6.07) is 0.807. The summed E-state index contributed by atoms with van der Waals surface area (Å²) in [5, 5.41) is 7.71. The standard InChI is InChI=1S/C18H32N6O/c1-4-19-18(20-8-9-23(5-2)16-6-7-16)24-10-11-25-17(14-24)15-12-21-22(3)13-15/h12-13,16-17H,4-11,14H2,1-3H3,(H,19,20). The Labute approximate surface area is 151 Å². The van der Waals surface area contributed by atoms with Crippen molar-refractivity contribution in [1.29, 1.82) is 0 Å². The van der Waals surface area contributed by atoms with Crippen LogP contribution in [0.25, 0.3) is 0 Å². The summed E-state index contributed by atoms with van der Waals surface area (Å²) in [6.07, 6.45) is 6.70. The Morgan fingerprint density at radius 3 is 2.92 bits per heavy atom. The highest BCUT2D eigenvalue weighted by atomic mass is 16.5. The minimum atomic E-state index is 0.0601. The number of hydrogen-bond donors (Lipinski definition) is 1. The normalized spacial score (nSPS) is 21.8. The fraction of sp³-hybridized carbons (Fsp3) is 0.778. The number of nitrogens with zero attached hydrogens (tertiary/aromatic N) is 5. The fourth-order valence-electron chi connectivity index (χ4n) is 3.40. The lowest BCUT2D eigenvalue weighted by molar-refractivity contribution is -0.00805. The van der Waals surface area contributed by atoms with Gasteiger partial charge in [0.2, 0.25) is 0 Å². The van der Waals surface area contributed by atoms with Crippen molar-refractivity contribution in [1.82, 2.24) is 24.9 Å². The number of aryl methyl sites for hydroxylation is 1. The number of aromatic nitrogens is 2. The van der Waals surface area contributed by atoms with Gasteiger partial charge in [0.05, 0.1) is 25.9 Å². The lowest BCUT2D eigenvalue weighted by Crippen LogP contribution is -2.48. The van der Waals surface area contributed by atoms with Crippen LogP contribution in [0.4, 0.5) is 0 Å². The largest absolute Gasteiger partial charge is 0.370 e. The second-order valence-electron chi connectivity index (χ2n) is 6.85. The van der Waals surface area contributed by atoms with Gasteiger partial charge in [-0.1, -0.05) is 6.92 Å². The third-order valence-electron chi connectivity index (χ3n) is 4.92. The maximum Gasteiger partial charge on any atom is 0.194 e. The molecule has 1 aliphatic heterocycles. The van der Waals surface area contributed by atoms with Gasteiger partial charge in [-0.2, -0.15) is 5.10 Å². The number of ether oxygens (including phenoxy) is 1. The molecule has 1 saturated heterocycles. The molecule has 1 aromatic rings. The smallest absolute Gasteiger partial charge is 0.194 e. The molecule has 0 amide bonds. The van der Waals surface area contributed by atoms with Gasteiger partial charge >= 0.3 is 0 Å². The molecule has 0 radical (unpaired) electrons. The first kappa shape index (κ1) is 18.2. The highest BCUT2D eigenvalue weighted by Gasteiger charge is 2.28. The molecule has 1 aliphatic carbocycles. The summed E-state index contributed by atoms with van der Waals surface area (Å²) in [5.74, 6) is 1.01. The van der Waals surface area contributed by atoms with E-state index in [1.165, 1.54) is 12.8 Å². The Bertz CT molecular complexity index is 568. The van der Waals surface area contributed by atoms with E-state index in [9.17, 15) is 0 Å². The lowest BCUT2D eigenvalue weighted by atomic mass is 10.1. The zero-order valence-corrected chi connectivity index (χ0v) is 15.8. The van der Waals surface area contributed by atoms with Crippen LogP contribution in [0.3, 0.4) is 0 Å². The Balaban J connectivity index is 1.59. The molecule has 7 nitrogen and oxygen atoms in total. The molecule has 0 bridgehead atoms. The molecule has 1 saturated carbocycles. The third kappa shape index (κ3) is 4.95. The number of morpholine rings is 1. The highest BCUT2D eigenvalue weighted by molar-refractivity contribution is 5.80. The van der Waals surface area contributed by atoms with Crippen molar-refractivity contribution in [2.45, 2.75) is 38.8 Å². The third-order valence-corrected chi connectivity index (χ3v) is 4.92. The second-order valence-corrected chi connectivity index (χ2v) is 6.85. The van der Waals surface area contributed by atoms with E-state index in [0.29, 0.717) is 6.61 Å². The van der Waals surface area contributed by atoms with Crippen LogP contribution in [-0.2, 0) is 11.8 Å². The number of likely N-dealkylation sites (N-methyl/N-ethyl adjacent to an activating group) is 1. The molecule has 25 heavy (non-hydrogen) atoms. The van der Waals surface area contributed by atoms with E-state index in [2.05, 4.69) is 34.1 Å². The number of guanidine groups is 1. The first-order chi connectivity index (χ1) is 12.2. The molecule has 2 aliphatic rings. The van der Waals surface area contributed by atoms with E-state index in [-0.39, 0.29) is 6.10 Å². The summed E-state index contributed by atoms with van der Waals surface area (Å²) in [4.78, 5) is 9.75. The van der Waals surface area contributed by atoms with E-state index in [0.717, 1.165) is 56.8 Å². The Morgan fingerprint density at radius 2 is 2.28 bits per heavy atom. The van der Waals surface area contributed by atoms with Gasteiger partial charge in [-0.25, -0.2) is 0 Å². The monoisotopic (exact) mass is 348 g/mol. The van der Waals surface area contributed by atoms with Crippen LogP contribution in [-0.4, -0.2) is 77.5 Å². The molecule has 2 fully saturated rings. The minimum absolute atomic E-state index is 0.0601. The first-order valence-corrected chi connectivity index (χ1v) is 9.58. The predicted molar refractivity (Wildman–Crippen MR) is 99.7 cm³/mol. The second kappa shape index (κ2) is 8.67. The van der Waals surface area contributed by atoms with Crippen LogP contribution in [0.2, 0.25) is 0 Å². The van der Waals surface area contributed by atoms with Gasteiger partial charge in [-0.15, -0.1) is 0 Å². The van der Waals surface area contributed by atoms with Gasteiger partial charge in [0, 0.05) is 44.5 Å². The van der Waals surface area contributed by atoms with Gasteiger partial charge in [0.25, 0.3) is 0 Å². The molecule has 7 heteroatoms. The molecule has 0 aromatic carbocycles. The predicted octanol–water partition coefficient (Wildman–Crippen LogP) is 1.24. The van der Waals surface area contributed by atoms with Crippen molar-refractivity contribution in [3.8, 4) is 0 Å². The average Bonchev–Trinajstić information content (AvgIpc) is 3.38. The van der Waals surface area contributed by atoms with Crippen molar-refractivity contribution in [2.24, 2.45) is 12.0 Å². The van der Waals surface area contributed by atoms with Crippen molar-refractivity contribution >= 4 is 5.96 Å². The molecular weight excluding hydrogens is 316 g/mol. The molecule has 0 spiro atoms. The first-order valence-electron chi connectivity index (χ1n) is 9.58. The molecular formula is C18H32N6O. The highest BCUT2D eigenvalue weighted by Crippen LogP contribution is 2.26. The SMILES string of the molecule is CCNC(=NCCN(CC)C1CC1)N1CCOC(c2cnn(C)c2)C1. The quantitative estimate of drug-likeness (QED) is 0.594. The van der Waals surface area contributed by atoms with Crippen LogP contribution in [0, 0.1) is 0 Å². The topological polar surface area (TPSA) is 57.9 Å². The van der Waals surface area contributed by atoms with E-state index in [1.54, 1.807) is 0 Å². The van der Waals surface area contributed by atoms with Gasteiger partial charge in [0.15, 0.2) is 5.96 Å². The summed E-state index contributed by atoms with van der Waals surface area (Å²) in [7, 11) is 1.94. The average molecular weight is 348 g/mol. The minimum Gasteiger partial charge on any atom is -0.370 e. The van der Waals surface area contributed by atoms with Crippen LogP contribution in [0.15, 0.2) is 17.4 Å². The lowest BCUT2D eigenvalue weighted by Gasteiger charge is -2.35. The number of rotatable bonds is 7. The molecule has 2 heterocycles. The Hall–Kier alpha value is -1.60. The van der Waals surface area contributed by atoms with Crippen LogP contribution >= 0.6 is 0 Å². The van der Waals surface area contributed by atoms with Crippen molar-refractivity contribution in [2.75, 3.05) is 45.9 Å². The van der Waals surface area contributed by atoms with Gasteiger partial charge in [0.1, 0.15) is 6.10 Å². The fourth-order valence-corrected chi connectivity index (χ4v) is 3.40. The molecule has 1 atom stereocenters. The van der Waals surface area contributed by atoms with Crippen molar-refractivity contribution in [3.05, 3.63) is 18.0 Å². The number of hydrogen-bond acceptors (Lipinski definition) is 4. The van der Waals surface area contributed by atoms with Gasteiger partial charge in [-0.05, 0) is 26.3 Å². The van der Waals surface area contributed by atoms with Crippen molar-refractivity contribution < 1.29 is 4.74 Å². The summed E-state index contributed by atoms with van der Waals surface area (Å²) >= 11 is 0. The number of nitrogens with one attached hydrogen (secondary N) is 1. The summed E-state index contributed by atoms with van der Waals surface area (Å²) in [5.41, 5.74) is 1.13. The van der Waals surface area contributed by atoms with Gasteiger partial charge < -0.3 is 15.0 Å². The molecule has 1 aromatic heterocycles. The van der Waals surface area contributed by atoms with Crippen LogP contribution in [0.1, 0.15) is 38.4 Å². The van der Waals surface area contributed by atoms with E-state index in [4.69, 9.17) is 9.73 Å². The zero-order chi connectivity index (χ0) is 17.6. The maximum absolute atomic E-state index is 5.95. The van der Waals surface area contributed by atoms with Crippen LogP contribution in [0.5, 0.6) is 0 Å². The summed E-state index contributed by atoms with van der Waals surface area (Å²) in [6.45, 7) is 10.7. The molecule has 1 unspecified atom stereocenters. The molecule has 3 rings (SSSR count). The van der Waals surface area contributed by atoms with E-state index in [1.807, 2.05) is 24.1 Å². The maximum atomic E-state index is 5.95. The van der Waals surface area contributed by atoms with Gasteiger partial charge in [-0.3, -0.25) is 14.6 Å². The zero-order valence-electron chi connectivity index (χ0n) is 15.8. The van der Waals surface area contributed by atoms with Crippen molar-refractivity contribution in [3.63, 3.8) is 0 Å².